The Kier molecular flexibility index (Phi) is 3.86. The van der Waals surface area contributed by atoms with E-state index in [1.807, 2.05) is 30.3 Å². The van der Waals surface area contributed by atoms with Gasteiger partial charge in [0.1, 0.15) is 18.1 Å². The molecule has 5 heteroatoms. The minimum Gasteiger partial charge on any atom is -0.487 e. The van der Waals surface area contributed by atoms with Crippen molar-refractivity contribution in [2.45, 2.75) is 13.2 Å². The van der Waals surface area contributed by atoms with Crippen molar-refractivity contribution >= 4 is 6.29 Å². The predicted octanol–water partition coefficient (Wildman–Crippen LogP) is 1.86. The van der Waals surface area contributed by atoms with E-state index < -0.39 is 0 Å². The Morgan fingerprint density at radius 2 is 2.11 bits per heavy atom. The summed E-state index contributed by atoms with van der Waals surface area (Å²) in [5, 5.41) is 7.66. The van der Waals surface area contributed by atoms with Gasteiger partial charge in [-0.1, -0.05) is 29.5 Å². The predicted molar refractivity (Wildman–Crippen MR) is 66.4 cm³/mol. The van der Waals surface area contributed by atoms with Crippen LogP contribution in [0.3, 0.4) is 0 Å². The quantitative estimate of drug-likeness (QED) is 0.574. The fraction of sp³-hybridized carbons (Fsp3) is 0.154. The number of hydrogen-bond acceptors (Lipinski definition) is 4. The second-order valence-corrected chi connectivity index (χ2v) is 3.61. The van der Waals surface area contributed by atoms with Crippen molar-refractivity contribution in [2.24, 2.45) is 0 Å². The molecule has 0 saturated carbocycles. The van der Waals surface area contributed by atoms with Gasteiger partial charge in [-0.25, -0.2) is 4.68 Å². The molecule has 2 rings (SSSR count). The number of allylic oxidation sites excluding steroid dienone is 1. The molecule has 0 atom stereocenters. The zero-order valence-corrected chi connectivity index (χ0v) is 9.82. The van der Waals surface area contributed by atoms with Gasteiger partial charge in [-0.05, 0) is 12.1 Å². The molecule has 0 aliphatic carbocycles. The number of benzene rings is 1. The number of ether oxygens (including phenoxy) is 1. The number of carbonyl (C=O) groups excluding carboxylic acids is 1. The number of carbonyl (C=O) groups is 1. The SMILES string of the molecule is C=CCn1nnc(C=O)c1COc1ccccc1. The van der Waals surface area contributed by atoms with Gasteiger partial charge in [0, 0.05) is 0 Å². The zero-order chi connectivity index (χ0) is 12.8. The van der Waals surface area contributed by atoms with Gasteiger partial charge in [-0.15, -0.1) is 11.7 Å². The van der Waals surface area contributed by atoms with Crippen LogP contribution in [0.2, 0.25) is 0 Å². The molecule has 0 aliphatic rings. The number of rotatable bonds is 6. The van der Waals surface area contributed by atoms with Crippen LogP contribution in [0.4, 0.5) is 0 Å². The topological polar surface area (TPSA) is 57.0 Å². The fourth-order valence-corrected chi connectivity index (χ4v) is 1.52. The normalized spacial score (nSPS) is 10.0. The molecule has 0 saturated heterocycles. The minimum absolute atomic E-state index is 0.249. The molecule has 5 nitrogen and oxygen atoms in total. The first-order valence-electron chi connectivity index (χ1n) is 5.51. The molecule has 1 heterocycles. The maximum absolute atomic E-state index is 10.9. The van der Waals surface area contributed by atoms with Crippen molar-refractivity contribution in [1.29, 1.82) is 0 Å². The van der Waals surface area contributed by atoms with Gasteiger partial charge in [0.05, 0.1) is 6.54 Å². The summed E-state index contributed by atoms with van der Waals surface area (Å²) >= 11 is 0. The molecule has 0 radical (unpaired) electrons. The summed E-state index contributed by atoms with van der Waals surface area (Å²) in [6.07, 6.45) is 2.37. The maximum atomic E-state index is 10.9. The van der Waals surface area contributed by atoms with Crippen LogP contribution >= 0.6 is 0 Å². The van der Waals surface area contributed by atoms with E-state index in [9.17, 15) is 4.79 Å². The zero-order valence-electron chi connectivity index (χ0n) is 9.82. The highest BCUT2D eigenvalue weighted by atomic mass is 16.5. The van der Waals surface area contributed by atoms with Crippen molar-refractivity contribution < 1.29 is 9.53 Å². The molecule has 0 unspecified atom stereocenters. The van der Waals surface area contributed by atoms with E-state index in [0.29, 0.717) is 24.2 Å². The molecule has 1 aromatic heterocycles. The Hall–Kier alpha value is -2.43. The standard InChI is InChI=1S/C13H13N3O2/c1-2-8-16-13(12(9-17)14-15-16)10-18-11-6-4-3-5-7-11/h2-7,9H,1,8,10H2. The van der Waals surface area contributed by atoms with Crippen LogP contribution in [0.25, 0.3) is 0 Å². The van der Waals surface area contributed by atoms with Crippen molar-refractivity contribution in [3.63, 3.8) is 0 Å². The third-order valence-electron chi connectivity index (χ3n) is 2.40. The fourth-order valence-electron chi connectivity index (χ4n) is 1.52. The Morgan fingerprint density at radius 1 is 1.33 bits per heavy atom. The molecular weight excluding hydrogens is 230 g/mol. The van der Waals surface area contributed by atoms with Crippen molar-refractivity contribution in [1.82, 2.24) is 15.0 Å². The van der Waals surface area contributed by atoms with Crippen LogP contribution < -0.4 is 4.74 Å². The lowest BCUT2D eigenvalue weighted by atomic mass is 10.3. The molecule has 2 aromatic rings. The summed E-state index contributed by atoms with van der Waals surface area (Å²) in [7, 11) is 0. The summed E-state index contributed by atoms with van der Waals surface area (Å²) in [5.41, 5.74) is 0.946. The number of hydrogen-bond donors (Lipinski definition) is 0. The lowest BCUT2D eigenvalue weighted by molar-refractivity contribution is 0.111. The van der Waals surface area contributed by atoms with E-state index in [1.165, 1.54) is 0 Å². The Bertz CT molecular complexity index is 534. The molecule has 0 spiro atoms. The third kappa shape index (κ3) is 2.63. The first kappa shape index (κ1) is 12.0. The van der Waals surface area contributed by atoms with Crippen molar-refractivity contribution in [3.8, 4) is 5.75 Å². The van der Waals surface area contributed by atoms with E-state index in [0.717, 1.165) is 5.75 Å². The maximum Gasteiger partial charge on any atom is 0.172 e. The highest BCUT2D eigenvalue weighted by Crippen LogP contribution is 2.12. The Balaban J connectivity index is 2.14. The van der Waals surface area contributed by atoms with Crippen molar-refractivity contribution in [2.75, 3.05) is 0 Å². The van der Waals surface area contributed by atoms with Crippen molar-refractivity contribution in [3.05, 3.63) is 54.4 Å². The van der Waals surface area contributed by atoms with Crippen LogP contribution in [0, 0.1) is 0 Å². The third-order valence-corrected chi connectivity index (χ3v) is 2.40. The van der Waals surface area contributed by atoms with Crippen LogP contribution in [0.5, 0.6) is 5.75 Å². The van der Waals surface area contributed by atoms with Gasteiger partial charge in [-0.2, -0.15) is 0 Å². The molecule has 0 N–H and O–H groups in total. The molecule has 0 aliphatic heterocycles. The lowest BCUT2D eigenvalue weighted by Gasteiger charge is -2.07. The van der Waals surface area contributed by atoms with Gasteiger partial charge < -0.3 is 4.74 Å². The van der Waals surface area contributed by atoms with Gasteiger partial charge in [0.2, 0.25) is 0 Å². The molecule has 18 heavy (non-hydrogen) atoms. The van der Waals surface area contributed by atoms with Crippen LogP contribution in [0.1, 0.15) is 16.2 Å². The summed E-state index contributed by atoms with van der Waals surface area (Å²) in [4.78, 5) is 10.9. The average Bonchev–Trinajstić information content (AvgIpc) is 2.80. The highest BCUT2D eigenvalue weighted by molar-refractivity contribution is 5.73. The molecule has 92 valence electrons. The van der Waals surface area contributed by atoms with Gasteiger partial charge in [0.15, 0.2) is 12.0 Å². The number of nitrogens with zero attached hydrogens (tertiary/aromatic N) is 3. The smallest absolute Gasteiger partial charge is 0.172 e. The van der Waals surface area contributed by atoms with Gasteiger partial charge in [0.25, 0.3) is 0 Å². The summed E-state index contributed by atoms with van der Waals surface area (Å²) in [5.74, 6) is 0.737. The van der Waals surface area contributed by atoms with E-state index in [2.05, 4.69) is 16.9 Å². The van der Waals surface area contributed by atoms with Crippen LogP contribution in [-0.2, 0) is 13.2 Å². The van der Waals surface area contributed by atoms with Gasteiger partial charge in [-0.3, -0.25) is 4.79 Å². The molecule has 0 amide bonds. The monoisotopic (exact) mass is 243 g/mol. The van der Waals surface area contributed by atoms with Crippen LogP contribution in [0.15, 0.2) is 43.0 Å². The highest BCUT2D eigenvalue weighted by Gasteiger charge is 2.11. The first-order valence-corrected chi connectivity index (χ1v) is 5.51. The van der Waals surface area contributed by atoms with E-state index in [4.69, 9.17) is 4.74 Å². The largest absolute Gasteiger partial charge is 0.487 e. The number of aldehydes is 1. The molecular formula is C13H13N3O2. The lowest BCUT2D eigenvalue weighted by Crippen LogP contribution is -2.08. The second-order valence-electron chi connectivity index (χ2n) is 3.61. The first-order chi connectivity index (χ1) is 8.85. The van der Waals surface area contributed by atoms with Gasteiger partial charge >= 0.3 is 0 Å². The summed E-state index contributed by atoms with van der Waals surface area (Å²) in [6.45, 7) is 4.38. The van der Waals surface area contributed by atoms with E-state index >= 15 is 0 Å². The number of aromatic nitrogens is 3. The van der Waals surface area contributed by atoms with Crippen LogP contribution in [-0.4, -0.2) is 21.3 Å². The van der Waals surface area contributed by atoms with E-state index in [1.54, 1.807) is 10.8 Å². The minimum atomic E-state index is 0.249. The molecule has 0 bridgehead atoms. The summed E-state index contributed by atoms with van der Waals surface area (Å²) in [6, 6.07) is 9.38. The average molecular weight is 243 g/mol. The Labute approximate surface area is 105 Å². The number of para-hydroxylation sites is 1. The Morgan fingerprint density at radius 3 is 2.78 bits per heavy atom. The molecule has 0 fully saturated rings. The summed E-state index contributed by atoms with van der Waals surface area (Å²) < 4.78 is 7.18. The molecule has 1 aromatic carbocycles. The second kappa shape index (κ2) is 5.77. The van der Waals surface area contributed by atoms with E-state index in [-0.39, 0.29) is 6.61 Å².